The van der Waals surface area contributed by atoms with E-state index in [0.717, 1.165) is 11.3 Å². The van der Waals surface area contributed by atoms with Crippen LogP contribution in [-0.2, 0) is 0 Å². The number of amides is 1. The standard InChI is InChI=1S/C14H15N3O2/c18-11-6-7-17(9-11)14(19)13-8-12(15-16-13)10-4-2-1-3-5-10/h1-5,8,11,18H,6-7,9H2,(H,15,16)/t11-/m1/s1. The van der Waals surface area contributed by atoms with Gasteiger partial charge in [0.25, 0.3) is 5.91 Å². The number of likely N-dealkylation sites (tertiary alicyclic amines) is 1. The number of aromatic amines is 1. The van der Waals surface area contributed by atoms with Gasteiger partial charge in [-0.2, -0.15) is 5.10 Å². The Labute approximate surface area is 110 Å². The lowest BCUT2D eigenvalue weighted by molar-refractivity contribution is 0.0759. The van der Waals surface area contributed by atoms with Gasteiger partial charge in [0.15, 0.2) is 0 Å². The zero-order chi connectivity index (χ0) is 13.2. The summed E-state index contributed by atoms with van der Waals surface area (Å²) in [5.41, 5.74) is 2.19. The van der Waals surface area contributed by atoms with Crippen molar-refractivity contribution in [3.05, 3.63) is 42.1 Å². The summed E-state index contributed by atoms with van der Waals surface area (Å²) in [5.74, 6) is -0.105. The highest BCUT2D eigenvalue weighted by molar-refractivity contribution is 5.93. The molecule has 1 saturated heterocycles. The molecule has 0 unspecified atom stereocenters. The Hall–Kier alpha value is -2.14. The van der Waals surface area contributed by atoms with Crippen LogP contribution in [0.4, 0.5) is 0 Å². The van der Waals surface area contributed by atoms with Gasteiger partial charge in [-0.15, -0.1) is 0 Å². The molecule has 5 heteroatoms. The first-order chi connectivity index (χ1) is 9.24. The SMILES string of the molecule is O=C(c1cc(-c2ccccc2)n[nH]1)N1CC[C@@H](O)C1. The molecule has 19 heavy (non-hydrogen) atoms. The number of carbonyl (C=O) groups excluding carboxylic acids is 1. The van der Waals surface area contributed by atoms with Crippen molar-refractivity contribution in [1.82, 2.24) is 15.1 Å². The number of rotatable bonds is 2. The van der Waals surface area contributed by atoms with Crippen LogP contribution in [0, 0.1) is 0 Å². The molecule has 1 aromatic carbocycles. The Morgan fingerprint density at radius 3 is 2.84 bits per heavy atom. The second-order valence-electron chi connectivity index (χ2n) is 4.73. The van der Waals surface area contributed by atoms with E-state index in [0.29, 0.717) is 25.2 Å². The van der Waals surface area contributed by atoms with Crippen molar-refractivity contribution in [2.24, 2.45) is 0 Å². The zero-order valence-electron chi connectivity index (χ0n) is 10.4. The number of nitrogens with one attached hydrogen (secondary N) is 1. The predicted molar refractivity (Wildman–Crippen MR) is 70.6 cm³/mol. The maximum atomic E-state index is 12.2. The summed E-state index contributed by atoms with van der Waals surface area (Å²) in [6, 6.07) is 11.5. The van der Waals surface area contributed by atoms with E-state index in [1.807, 2.05) is 30.3 Å². The van der Waals surface area contributed by atoms with Crippen molar-refractivity contribution in [1.29, 1.82) is 0 Å². The third-order valence-corrected chi connectivity index (χ3v) is 3.33. The fourth-order valence-corrected chi connectivity index (χ4v) is 2.28. The topological polar surface area (TPSA) is 69.2 Å². The maximum absolute atomic E-state index is 12.2. The van der Waals surface area contributed by atoms with Crippen LogP contribution < -0.4 is 0 Å². The molecule has 0 radical (unpaired) electrons. The van der Waals surface area contributed by atoms with Gasteiger partial charge in [0.1, 0.15) is 5.69 Å². The van der Waals surface area contributed by atoms with E-state index in [1.54, 1.807) is 11.0 Å². The Morgan fingerprint density at radius 2 is 2.16 bits per heavy atom. The Kier molecular flexibility index (Phi) is 3.05. The van der Waals surface area contributed by atoms with E-state index >= 15 is 0 Å². The highest BCUT2D eigenvalue weighted by atomic mass is 16.3. The van der Waals surface area contributed by atoms with Crippen LogP contribution in [0.25, 0.3) is 11.3 Å². The minimum absolute atomic E-state index is 0.105. The normalized spacial score (nSPS) is 18.8. The molecule has 0 bridgehead atoms. The Balaban J connectivity index is 1.80. The van der Waals surface area contributed by atoms with Gasteiger partial charge in [-0.3, -0.25) is 9.89 Å². The van der Waals surface area contributed by atoms with Crippen LogP contribution in [-0.4, -0.2) is 45.3 Å². The number of nitrogens with zero attached hydrogens (tertiary/aromatic N) is 2. The molecular weight excluding hydrogens is 242 g/mol. The fraction of sp³-hybridized carbons (Fsp3) is 0.286. The van der Waals surface area contributed by atoms with Crippen molar-refractivity contribution < 1.29 is 9.90 Å². The second kappa shape index (κ2) is 4.85. The van der Waals surface area contributed by atoms with Gasteiger partial charge in [0.2, 0.25) is 0 Å². The third-order valence-electron chi connectivity index (χ3n) is 3.33. The molecule has 0 aliphatic carbocycles. The highest BCUT2D eigenvalue weighted by Crippen LogP contribution is 2.19. The number of β-amino-alcohol motifs (C(OH)–C–C–N with tert-alkyl or cyclic N) is 1. The molecule has 2 aromatic rings. The number of aliphatic hydroxyl groups is 1. The van der Waals surface area contributed by atoms with Crippen molar-refractivity contribution in [2.45, 2.75) is 12.5 Å². The van der Waals surface area contributed by atoms with E-state index in [-0.39, 0.29) is 5.91 Å². The number of aromatic nitrogens is 2. The molecule has 0 spiro atoms. The van der Waals surface area contributed by atoms with E-state index in [9.17, 15) is 9.90 Å². The van der Waals surface area contributed by atoms with Crippen molar-refractivity contribution >= 4 is 5.91 Å². The van der Waals surface area contributed by atoms with E-state index < -0.39 is 6.10 Å². The molecule has 2 heterocycles. The molecule has 0 saturated carbocycles. The predicted octanol–water partition coefficient (Wildman–Crippen LogP) is 1.28. The zero-order valence-corrected chi connectivity index (χ0v) is 10.4. The van der Waals surface area contributed by atoms with Crippen molar-refractivity contribution in [3.8, 4) is 11.3 Å². The second-order valence-corrected chi connectivity index (χ2v) is 4.73. The summed E-state index contributed by atoms with van der Waals surface area (Å²) in [6.45, 7) is 0.998. The van der Waals surface area contributed by atoms with Crippen molar-refractivity contribution in [2.75, 3.05) is 13.1 Å². The lowest BCUT2D eigenvalue weighted by atomic mass is 10.1. The molecule has 98 valence electrons. The summed E-state index contributed by atoms with van der Waals surface area (Å²) in [4.78, 5) is 13.8. The molecule has 2 N–H and O–H groups in total. The lowest BCUT2D eigenvalue weighted by Gasteiger charge is -2.13. The molecule has 1 fully saturated rings. The molecule has 5 nitrogen and oxygen atoms in total. The van der Waals surface area contributed by atoms with Gasteiger partial charge >= 0.3 is 0 Å². The maximum Gasteiger partial charge on any atom is 0.271 e. The number of aliphatic hydroxyl groups excluding tert-OH is 1. The smallest absolute Gasteiger partial charge is 0.271 e. The van der Waals surface area contributed by atoms with Crippen LogP contribution in [0.1, 0.15) is 16.9 Å². The van der Waals surface area contributed by atoms with Crippen LogP contribution >= 0.6 is 0 Å². The van der Waals surface area contributed by atoms with Crippen LogP contribution in [0.5, 0.6) is 0 Å². The largest absolute Gasteiger partial charge is 0.391 e. The van der Waals surface area contributed by atoms with Crippen LogP contribution in [0.2, 0.25) is 0 Å². The number of hydrogen-bond acceptors (Lipinski definition) is 3. The Bertz CT molecular complexity index is 579. The first-order valence-corrected chi connectivity index (χ1v) is 6.32. The molecule has 1 atom stereocenters. The monoisotopic (exact) mass is 257 g/mol. The molecule has 3 rings (SSSR count). The van der Waals surface area contributed by atoms with Crippen molar-refractivity contribution in [3.63, 3.8) is 0 Å². The van der Waals surface area contributed by atoms with Gasteiger partial charge in [0, 0.05) is 18.7 Å². The molecule has 1 aliphatic heterocycles. The minimum atomic E-state index is -0.402. The summed E-state index contributed by atoms with van der Waals surface area (Å²) >= 11 is 0. The van der Waals surface area contributed by atoms with Crippen LogP contribution in [0.15, 0.2) is 36.4 Å². The number of hydrogen-bond donors (Lipinski definition) is 2. The van der Waals surface area contributed by atoms with Gasteiger partial charge in [-0.25, -0.2) is 0 Å². The lowest BCUT2D eigenvalue weighted by Crippen LogP contribution is -2.29. The third kappa shape index (κ3) is 2.37. The molecule has 1 aromatic heterocycles. The molecule has 1 amide bonds. The van der Waals surface area contributed by atoms with Gasteiger partial charge in [-0.1, -0.05) is 30.3 Å². The number of carbonyl (C=O) groups is 1. The van der Waals surface area contributed by atoms with Gasteiger partial charge in [-0.05, 0) is 12.5 Å². The van der Waals surface area contributed by atoms with Gasteiger partial charge in [0.05, 0.1) is 11.8 Å². The summed E-state index contributed by atoms with van der Waals surface area (Å²) in [7, 11) is 0. The number of benzene rings is 1. The molecular formula is C14H15N3O2. The van der Waals surface area contributed by atoms with E-state index in [2.05, 4.69) is 10.2 Å². The highest BCUT2D eigenvalue weighted by Gasteiger charge is 2.26. The van der Waals surface area contributed by atoms with Crippen LogP contribution in [0.3, 0.4) is 0 Å². The fourth-order valence-electron chi connectivity index (χ4n) is 2.28. The average molecular weight is 257 g/mol. The van der Waals surface area contributed by atoms with E-state index in [4.69, 9.17) is 0 Å². The number of H-pyrrole nitrogens is 1. The van der Waals surface area contributed by atoms with E-state index in [1.165, 1.54) is 0 Å². The molecule has 1 aliphatic rings. The van der Waals surface area contributed by atoms with Gasteiger partial charge < -0.3 is 10.0 Å². The first-order valence-electron chi connectivity index (χ1n) is 6.32. The quantitative estimate of drug-likeness (QED) is 0.851. The summed E-state index contributed by atoms with van der Waals surface area (Å²) in [6.07, 6.45) is 0.242. The summed E-state index contributed by atoms with van der Waals surface area (Å²) in [5, 5.41) is 16.4. The average Bonchev–Trinajstić information content (AvgIpc) is 3.08. The Morgan fingerprint density at radius 1 is 1.37 bits per heavy atom. The first kappa shape index (κ1) is 11.9. The summed E-state index contributed by atoms with van der Waals surface area (Å²) < 4.78 is 0. The minimum Gasteiger partial charge on any atom is -0.391 e.